The van der Waals surface area contributed by atoms with Crippen LogP contribution in [0.25, 0.3) is 0 Å². The molecular formula is C22H20Cl2N2O3S. The Bertz CT molecular complexity index is 1240. The summed E-state index contributed by atoms with van der Waals surface area (Å²) in [5.41, 5.74) is 3.54. The van der Waals surface area contributed by atoms with Crippen molar-refractivity contribution in [2.75, 3.05) is 10.0 Å². The Balaban J connectivity index is 1.93. The summed E-state index contributed by atoms with van der Waals surface area (Å²) in [5.74, 6) is -0.472. The van der Waals surface area contributed by atoms with Crippen LogP contribution in [0.5, 0.6) is 0 Å². The Kier molecular flexibility index (Phi) is 6.41. The van der Waals surface area contributed by atoms with Crippen LogP contribution in [0.1, 0.15) is 27.0 Å². The van der Waals surface area contributed by atoms with E-state index < -0.39 is 15.9 Å². The fraction of sp³-hybridized carbons (Fsp3) is 0.136. The Morgan fingerprint density at radius 3 is 2.33 bits per heavy atom. The SMILES string of the molecule is Cc1ccc(C)c(NS(=O)(=O)c2cc(C(=O)Nc3cccc(Cl)c3C)ccc2Cl)c1. The standard InChI is InChI=1S/C22H20Cl2N2O3S/c1-13-7-8-14(2)20(11-13)26-30(28,29)21-12-16(9-10-18(21)24)22(27)25-19-6-4-5-17(23)15(19)3/h4-12,26H,1-3H3,(H,25,27). The Morgan fingerprint density at radius 2 is 1.60 bits per heavy atom. The molecular weight excluding hydrogens is 443 g/mol. The van der Waals surface area contributed by atoms with Crippen molar-refractivity contribution >= 4 is 50.5 Å². The van der Waals surface area contributed by atoms with Gasteiger partial charge in [-0.3, -0.25) is 9.52 Å². The number of aryl methyl sites for hydroxylation is 2. The van der Waals surface area contributed by atoms with Gasteiger partial charge in [-0.2, -0.15) is 0 Å². The third kappa shape index (κ3) is 4.78. The molecule has 0 unspecified atom stereocenters. The number of nitrogens with one attached hydrogen (secondary N) is 2. The summed E-state index contributed by atoms with van der Waals surface area (Å²) >= 11 is 12.3. The highest BCUT2D eigenvalue weighted by Crippen LogP contribution is 2.28. The molecule has 0 heterocycles. The van der Waals surface area contributed by atoms with E-state index in [0.29, 0.717) is 22.0 Å². The van der Waals surface area contributed by atoms with Gasteiger partial charge in [0.15, 0.2) is 0 Å². The molecule has 3 aromatic rings. The normalized spacial score (nSPS) is 11.2. The van der Waals surface area contributed by atoms with Crippen LogP contribution in [-0.4, -0.2) is 14.3 Å². The minimum atomic E-state index is -4.01. The minimum absolute atomic E-state index is 0.0169. The van der Waals surface area contributed by atoms with E-state index in [1.54, 1.807) is 38.1 Å². The quantitative estimate of drug-likeness (QED) is 0.490. The van der Waals surface area contributed by atoms with Crippen LogP contribution >= 0.6 is 23.2 Å². The molecule has 1 amide bonds. The minimum Gasteiger partial charge on any atom is -0.322 e. The molecule has 0 saturated carbocycles. The molecule has 0 bridgehead atoms. The first-order valence-electron chi connectivity index (χ1n) is 9.04. The fourth-order valence-electron chi connectivity index (χ4n) is 2.83. The number of carbonyl (C=O) groups excluding carboxylic acids is 1. The van der Waals surface area contributed by atoms with Crippen molar-refractivity contribution in [1.29, 1.82) is 0 Å². The Hall–Kier alpha value is -2.54. The number of hydrogen-bond acceptors (Lipinski definition) is 3. The molecule has 156 valence electrons. The van der Waals surface area contributed by atoms with Gasteiger partial charge < -0.3 is 5.32 Å². The topological polar surface area (TPSA) is 75.3 Å². The lowest BCUT2D eigenvalue weighted by Gasteiger charge is -2.14. The molecule has 8 heteroatoms. The summed E-state index contributed by atoms with van der Waals surface area (Å²) in [6.07, 6.45) is 0. The molecule has 0 aliphatic carbocycles. The molecule has 0 atom stereocenters. The predicted octanol–water partition coefficient (Wildman–Crippen LogP) is 5.97. The van der Waals surface area contributed by atoms with Crippen LogP contribution < -0.4 is 10.0 Å². The molecule has 3 aromatic carbocycles. The van der Waals surface area contributed by atoms with Crippen molar-refractivity contribution < 1.29 is 13.2 Å². The van der Waals surface area contributed by atoms with Gasteiger partial charge in [0.1, 0.15) is 4.90 Å². The highest BCUT2D eigenvalue weighted by Gasteiger charge is 2.21. The van der Waals surface area contributed by atoms with Crippen LogP contribution in [0.3, 0.4) is 0 Å². The largest absolute Gasteiger partial charge is 0.322 e. The van der Waals surface area contributed by atoms with Crippen LogP contribution in [0.4, 0.5) is 11.4 Å². The average molecular weight is 463 g/mol. The van der Waals surface area contributed by atoms with Gasteiger partial charge in [-0.05, 0) is 73.9 Å². The molecule has 2 N–H and O–H groups in total. The zero-order valence-electron chi connectivity index (χ0n) is 16.6. The summed E-state index contributed by atoms with van der Waals surface area (Å²) < 4.78 is 28.5. The molecule has 0 aromatic heterocycles. The van der Waals surface area contributed by atoms with Crippen molar-refractivity contribution in [1.82, 2.24) is 0 Å². The van der Waals surface area contributed by atoms with E-state index in [-0.39, 0.29) is 15.5 Å². The van der Waals surface area contributed by atoms with E-state index in [1.807, 2.05) is 19.1 Å². The van der Waals surface area contributed by atoms with Gasteiger partial charge in [-0.1, -0.05) is 41.4 Å². The van der Waals surface area contributed by atoms with E-state index in [4.69, 9.17) is 23.2 Å². The summed E-state index contributed by atoms with van der Waals surface area (Å²) in [7, 11) is -4.01. The monoisotopic (exact) mass is 462 g/mol. The van der Waals surface area contributed by atoms with Gasteiger partial charge >= 0.3 is 0 Å². The number of amides is 1. The Morgan fingerprint density at radius 1 is 0.867 bits per heavy atom. The van der Waals surface area contributed by atoms with E-state index >= 15 is 0 Å². The average Bonchev–Trinajstić information content (AvgIpc) is 2.68. The van der Waals surface area contributed by atoms with Gasteiger partial charge in [-0.15, -0.1) is 0 Å². The molecule has 0 aliphatic rings. The van der Waals surface area contributed by atoms with Crippen molar-refractivity contribution in [3.05, 3.63) is 86.9 Å². The van der Waals surface area contributed by atoms with Gasteiger partial charge in [-0.25, -0.2) is 8.42 Å². The second-order valence-corrected chi connectivity index (χ2v) is 9.40. The first kappa shape index (κ1) is 22.2. The number of sulfonamides is 1. The predicted molar refractivity (Wildman–Crippen MR) is 122 cm³/mol. The van der Waals surface area contributed by atoms with Crippen LogP contribution in [-0.2, 0) is 10.0 Å². The number of anilines is 2. The lowest BCUT2D eigenvalue weighted by molar-refractivity contribution is 0.102. The van der Waals surface area contributed by atoms with E-state index in [2.05, 4.69) is 10.0 Å². The molecule has 0 spiro atoms. The second-order valence-electron chi connectivity index (χ2n) is 6.94. The van der Waals surface area contributed by atoms with Crippen LogP contribution in [0.2, 0.25) is 10.0 Å². The lowest BCUT2D eigenvalue weighted by Crippen LogP contribution is -2.17. The van der Waals surface area contributed by atoms with Gasteiger partial charge in [0.2, 0.25) is 0 Å². The molecule has 3 rings (SSSR count). The zero-order chi connectivity index (χ0) is 22.1. The number of benzene rings is 3. The third-order valence-corrected chi connectivity index (χ3v) is 6.89. The zero-order valence-corrected chi connectivity index (χ0v) is 18.9. The molecule has 5 nitrogen and oxygen atoms in total. The summed E-state index contributed by atoms with van der Waals surface area (Å²) in [4.78, 5) is 12.5. The summed E-state index contributed by atoms with van der Waals surface area (Å²) in [6.45, 7) is 5.45. The van der Waals surface area contributed by atoms with Crippen molar-refractivity contribution in [2.24, 2.45) is 0 Å². The lowest BCUT2D eigenvalue weighted by atomic mass is 10.1. The highest BCUT2D eigenvalue weighted by atomic mass is 35.5. The van der Waals surface area contributed by atoms with Crippen molar-refractivity contribution in [3.63, 3.8) is 0 Å². The maximum Gasteiger partial charge on any atom is 0.263 e. The van der Waals surface area contributed by atoms with E-state index in [9.17, 15) is 13.2 Å². The van der Waals surface area contributed by atoms with Gasteiger partial charge in [0, 0.05) is 16.3 Å². The smallest absolute Gasteiger partial charge is 0.263 e. The molecule has 0 aliphatic heterocycles. The molecule has 0 fully saturated rings. The van der Waals surface area contributed by atoms with Crippen molar-refractivity contribution in [3.8, 4) is 0 Å². The maximum absolute atomic E-state index is 13.0. The number of rotatable bonds is 5. The molecule has 30 heavy (non-hydrogen) atoms. The fourth-order valence-corrected chi connectivity index (χ4v) is 4.66. The summed E-state index contributed by atoms with van der Waals surface area (Å²) in [6, 6.07) is 14.7. The van der Waals surface area contributed by atoms with Crippen LogP contribution in [0, 0.1) is 20.8 Å². The van der Waals surface area contributed by atoms with Gasteiger partial charge in [0.25, 0.3) is 15.9 Å². The number of carbonyl (C=O) groups is 1. The number of halogens is 2. The van der Waals surface area contributed by atoms with E-state index in [0.717, 1.165) is 11.1 Å². The third-order valence-electron chi connectivity index (χ3n) is 4.64. The van der Waals surface area contributed by atoms with Crippen LogP contribution in [0.15, 0.2) is 59.5 Å². The molecule has 0 saturated heterocycles. The summed E-state index contributed by atoms with van der Waals surface area (Å²) in [5, 5.41) is 3.29. The van der Waals surface area contributed by atoms with E-state index in [1.165, 1.54) is 18.2 Å². The maximum atomic E-state index is 13.0. The number of hydrogen-bond donors (Lipinski definition) is 2. The van der Waals surface area contributed by atoms with Gasteiger partial charge in [0.05, 0.1) is 10.7 Å². The second kappa shape index (κ2) is 8.68. The first-order chi connectivity index (χ1) is 14.1. The molecule has 0 radical (unpaired) electrons. The first-order valence-corrected chi connectivity index (χ1v) is 11.3. The van der Waals surface area contributed by atoms with Crippen molar-refractivity contribution in [2.45, 2.75) is 25.7 Å². The highest BCUT2D eigenvalue weighted by molar-refractivity contribution is 7.92. The Labute approximate surface area is 186 Å².